The number of halogens is 12. The van der Waals surface area contributed by atoms with Crippen molar-refractivity contribution in [1.82, 2.24) is 0 Å². The second-order valence-electron chi connectivity index (χ2n) is 5.41. The molecule has 0 aliphatic heterocycles. The molecule has 0 atom stereocenters. The Labute approximate surface area is 146 Å². The van der Waals surface area contributed by atoms with E-state index in [0.29, 0.717) is 0 Å². The lowest BCUT2D eigenvalue weighted by Crippen LogP contribution is -2.70. The van der Waals surface area contributed by atoms with Gasteiger partial charge in [-0.25, -0.2) is 0 Å². The monoisotopic (exact) mass is 442 g/mol. The van der Waals surface area contributed by atoms with Crippen molar-refractivity contribution in [3.63, 3.8) is 0 Å². The van der Waals surface area contributed by atoms with Gasteiger partial charge in [-0.3, -0.25) is 0 Å². The van der Waals surface area contributed by atoms with E-state index in [1.807, 2.05) is 0 Å². The summed E-state index contributed by atoms with van der Waals surface area (Å²) >= 11 is 0. The van der Waals surface area contributed by atoms with Crippen LogP contribution in [-0.2, 0) is 0 Å². The second kappa shape index (κ2) is 7.91. The Morgan fingerprint density at radius 2 is 0.692 bits per heavy atom. The molecule has 0 saturated carbocycles. The Hall–Kier alpha value is -0.406. The summed E-state index contributed by atoms with van der Waals surface area (Å²) < 4.78 is 161. The van der Waals surface area contributed by atoms with Crippen molar-refractivity contribution in [2.24, 2.45) is 0 Å². The van der Waals surface area contributed by atoms with Crippen molar-refractivity contribution in [1.29, 1.82) is 0 Å². The molecule has 0 rings (SSSR count). The number of rotatable bonds is 11. The van der Waals surface area contributed by atoms with Crippen molar-refractivity contribution < 1.29 is 52.7 Å². The molecule has 0 fully saturated rings. The van der Waals surface area contributed by atoms with Crippen LogP contribution in [0.3, 0.4) is 0 Å². The average molecular weight is 442 g/mol. The van der Waals surface area contributed by atoms with E-state index in [1.165, 1.54) is 13.1 Å². The van der Waals surface area contributed by atoms with Gasteiger partial charge in [-0.2, -0.15) is 52.7 Å². The van der Waals surface area contributed by atoms with Gasteiger partial charge in [0.25, 0.3) is 0 Å². The van der Waals surface area contributed by atoms with Crippen LogP contribution in [0.25, 0.3) is 0 Å². The summed E-state index contributed by atoms with van der Waals surface area (Å²) in [5.74, 6) is -40.4. The molecule has 4 radical (unpaired) electrons. The number of hydrogen-bond donors (Lipinski definition) is 0. The van der Waals surface area contributed by atoms with E-state index in [-0.39, 0.29) is 0 Å². The summed E-state index contributed by atoms with van der Waals surface area (Å²) in [7, 11) is -0.906. The molecule has 0 bridgehead atoms. The maximum Gasteiger partial charge on any atom is 0.384 e. The van der Waals surface area contributed by atoms with Crippen LogP contribution in [-0.4, -0.2) is 54.6 Å². The van der Waals surface area contributed by atoms with Crippen LogP contribution in [0.15, 0.2) is 0 Å². The molecular weight excluding hydrogens is 428 g/mol. The van der Waals surface area contributed by atoms with Gasteiger partial charge < -0.3 is 0 Å². The predicted molar refractivity (Wildman–Crippen MR) is 71.8 cm³/mol. The molecule has 0 aliphatic carbocycles. The van der Waals surface area contributed by atoms with Crippen molar-refractivity contribution >= 4 is 19.0 Å². The summed E-state index contributed by atoms with van der Waals surface area (Å²) in [5, 5.41) is 0. The van der Waals surface area contributed by atoms with Crippen LogP contribution >= 0.6 is 0 Å². The zero-order valence-corrected chi connectivity index (χ0v) is 15.4. The highest BCUT2D eigenvalue weighted by atomic mass is 28.2. The van der Waals surface area contributed by atoms with E-state index < -0.39 is 79.5 Å². The minimum Gasteiger partial charge on any atom is -0.200 e. The lowest BCUT2D eigenvalue weighted by Gasteiger charge is -2.41. The maximum absolute atomic E-state index is 13.5. The van der Waals surface area contributed by atoms with Gasteiger partial charge in [0, 0.05) is 31.9 Å². The fraction of sp³-hybridized carbons (Fsp3) is 1.00. The molecule has 26 heavy (non-hydrogen) atoms. The quantitative estimate of drug-likeness (QED) is 0.275. The van der Waals surface area contributed by atoms with Gasteiger partial charge in [-0.1, -0.05) is 25.2 Å². The Morgan fingerprint density at radius 3 is 0.885 bits per heavy atom. The van der Waals surface area contributed by atoms with Gasteiger partial charge in [-0.05, 0) is 0 Å². The first-order valence-electron chi connectivity index (χ1n) is 6.93. The lowest BCUT2D eigenvalue weighted by molar-refractivity contribution is -0.425. The van der Waals surface area contributed by atoms with Crippen molar-refractivity contribution in [2.75, 3.05) is 0 Å². The molecule has 0 unspecified atom stereocenters. The summed E-state index contributed by atoms with van der Waals surface area (Å²) in [4.78, 5) is 0. The highest BCUT2D eigenvalue weighted by Crippen LogP contribution is 2.61. The van der Waals surface area contributed by atoms with Crippen molar-refractivity contribution in [3.05, 3.63) is 0 Å². The fourth-order valence-corrected chi connectivity index (χ4v) is 2.86. The molecule has 0 amide bonds. The smallest absolute Gasteiger partial charge is 0.200 e. The molecule has 0 heterocycles. The minimum atomic E-state index is -7.43. The Bertz CT molecular complexity index is 421. The first kappa shape index (κ1) is 25.6. The molecule has 0 aromatic heterocycles. The van der Waals surface area contributed by atoms with Crippen LogP contribution in [0, 0.1) is 0 Å². The predicted octanol–water partition coefficient (Wildman–Crippen LogP) is 5.92. The summed E-state index contributed by atoms with van der Waals surface area (Å²) in [6.45, 7) is 2.42. The third-order valence-electron chi connectivity index (χ3n) is 3.48. The summed E-state index contributed by atoms with van der Waals surface area (Å²) in [6, 6.07) is -1.57. The molecule has 0 aromatic rings. The van der Waals surface area contributed by atoms with Gasteiger partial charge in [0.2, 0.25) is 0 Å². The SMILES string of the molecule is C[Si]CCC(F)(F)C(F)(F)C(F)(F)C(F)(F)C(F)(F)C(F)(F)CC[Si]C. The molecule has 0 nitrogen and oxygen atoms in total. The second-order valence-corrected chi connectivity index (χ2v) is 7.83. The third-order valence-corrected chi connectivity index (χ3v) is 4.98. The molecule has 0 spiro atoms. The van der Waals surface area contributed by atoms with Crippen molar-refractivity contribution in [3.8, 4) is 0 Å². The molecule has 0 aliphatic rings. The van der Waals surface area contributed by atoms with Gasteiger partial charge in [0.05, 0.1) is 0 Å². The topological polar surface area (TPSA) is 0 Å². The van der Waals surface area contributed by atoms with Gasteiger partial charge >= 0.3 is 35.5 Å². The van der Waals surface area contributed by atoms with E-state index in [2.05, 4.69) is 0 Å². The average Bonchev–Trinajstić information content (AvgIpc) is 2.49. The molecule has 154 valence electrons. The van der Waals surface area contributed by atoms with E-state index in [4.69, 9.17) is 0 Å². The van der Waals surface area contributed by atoms with Gasteiger partial charge in [0.1, 0.15) is 0 Å². The van der Waals surface area contributed by atoms with Crippen molar-refractivity contribution in [2.45, 2.75) is 73.6 Å². The van der Waals surface area contributed by atoms with Crippen LogP contribution < -0.4 is 0 Å². The highest BCUT2D eigenvalue weighted by Gasteiger charge is 2.89. The minimum absolute atomic E-state index is 0.453. The summed E-state index contributed by atoms with van der Waals surface area (Å²) in [5.41, 5.74) is 0. The normalized spacial score (nSPS) is 15.5. The first-order valence-corrected chi connectivity index (χ1v) is 10.3. The van der Waals surface area contributed by atoms with Crippen LogP contribution in [0.4, 0.5) is 52.7 Å². The maximum atomic E-state index is 13.5. The van der Waals surface area contributed by atoms with Crippen LogP contribution in [0.5, 0.6) is 0 Å². The standard InChI is InChI=1S/C12H14F12Si2/c1-25-5-3-7(13,14)9(17,18)11(21,22)12(23,24)10(19,20)8(15,16)4-6-26-2/h3-6H2,1-2H3. The van der Waals surface area contributed by atoms with Crippen LogP contribution in [0.1, 0.15) is 12.8 Å². The zero-order chi connectivity index (χ0) is 21.2. The first-order chi connectivity index (χ1) is 11.4. The third kappa shape index (κ3) is 4.04. The van der Waals surface area contributed by atoms with E-state index in [0.717, 1.165) is 0 Å². The van der Waals surface area contributed by atoms with Gasteiger partial charge in [-0.15, -0.1) is 0 Å². The van der Waals surface area contributed by atoms with E-state index in [9.17, 15) is 52.7 Å². The fourth-order valence-electron chi connectivity index (χ4n) is 1.73. The number of alkyl halides is 12. The molecule has 14 heteroatoms. The number of hydrogen-bond acceptors (Lipinski definition) is 0. The largest absolute Gasteiger partial charge is 0.384 e. The summed E-state index contributed by atoms with van der Waals surface area (Å²) in [6.07, 6.45) is -4.00. The zero-order valence-electron chi connectivity index (χ0n) is 13.4. The molecule has 0 aromatic carbocycles. The van der Waals surface area contributed by atoms with E-state index >= 15 is 0 Å². The molecule has 0 N–H and O–H groups in total. The van der Waals surface area contributed by atoms with E-state index in [1.54, 1.807) is 0 Å². The lowest BCUT2D eigenvalue weighted by atomic mass is 9.90. The Balaban J connectivity index is 6.06. The molecule has 0 saturated heterocycles. The molecular formula is C12H14F12Si2. The Morgan fingerprint density at radius 1 is 0.462 bits per heavy atom. The van der Waals surface area contributed by atoms with Gasteiger partial charge in [0.15, 0.2) is 0 Å². The highest BCUT2D eigenvalue weighted by molar-refractivity contribution is 6.33. The Kier molecular flexibility index (Phi) is 7.79. The van der Waals surface area contributed by atoms with Crippen LogP contribution in [0.2, 0.25) is 25.2 Å².